The first kappa shape index (κ1) is 12.6. The fraction of sp³-hybridized carbons (Fsp3) is 0.500. The summed E-state index contributed by atoms with van der Waals surface area (Å²) >= 11 is 0. The Morgan fingerprint density at radius 2 is 2.22 bits per heavy atom. The van der Waals surface area contributed by atoms with Crippen LogP contribution in [0.25, 0.3) is 0 Å². The third kappa shape index (κ3) is 3.10. The lowest BCUT2D eigenvalue weighted by Crippen LogP contribution is -2.16. The highest BCUT2D eigenvalue weighted by atomic mass is 16.6. The summed E-state index contributed by atoms with van der Waals surface area (Å²) < 4.78 is 15.9. The number of hydrogen-bond acceptors (Lipinski definition) is 5. The Balaban J connectivity index is 2.05. The Labute approximate surface area is 105 Å². The van der Waals surface area contributed by atoms with Gasteiger partial charge in [0.1, 0.15) is 18.1 Å². The molecule has 0 bridgehead atoms. The minimum atomic E-state index is -0.471. The first-order valence-electron chi connectivity index (χ1n) is 5.77. The van der Waals surface area contributed by atoms with Gasteiger partial charge >= 0.3 is 0 Å². The number of nitro groups is 1. The molecule has 0 saturated carbocycles. The van der Waals surface area contributed by atoms with Crippen LogP contribution < -0.4 is 9.47 Å². The first-order valence-corrected chi connectivity index (χ1v) is 5.77. The number of ether oxygens (including phenoxy) is 3. The van der Waals surface area contributed by atoms with Crippen molar-refractivity contribution < 1.29 is 19.1 Å². The van der Waals surface area contributed by atoms with Crippen LogP contribution >= 0.6 is 0 Å². The molecule has 1 aliphatic heterocycles. The summed E-state index contributed by atoms with van der Waals surface area (Å²) in [5.41, 5.74) is -0.0447. The van der Waals surface area contributed by atoms with Gasteiger partial charge in [-0.05, 0) is 12.8 Å². The minimum absolute atomic E-state index is 0.0447. The number of benzene rings is 1. The van der Waals surface area contributed by atoms with Crippen molar-refractivity contribution in [2.75, 3.05) is 20.3 Å². The van der Waals surface area contributed by atoms with Gasteiger partial charge in [0.25, 0.3) is 5.69 Å². The van der Waals surface area contributed by atoms with E-state index in [1.807, 2.05) is 0 Å². The van der Waals surface area contributed by atoms with E-state index in [9.17, 15) is 10.1 Å². The van der Waals surface area contributed by atoms with Crippen molar-refractivity contribution in [1.82, 2.24) is 0 Å². The second-order valence-corrected chi connectivity index (χ2v) is 4.07. The highest BCUT2D eigenvalue weighted by molar-refractivity contribution is 5.46. The van der Waals surface area contributed by atoms with E-state index in [-0.39, 0.29) is 11.8 Å². The lowest BCUT2D eigenvalue weighted by atomic mass is 10.2. The molecule has 18 heavy (non-hydrogen) atoms. The van der Waals surface area contributed by atoms with Crippen LogP contribution in [0.3, 0.4) is 0 Å². The largest absolute Gasteiger partial charge is 0.496 e. The van der Waals surface area contributed by atoms with Crippen molar-refractivity contribution in [3.8, 4) is 11.5 Å². The maximum absolute atomic E-state index is 10.8. The van der Waals surface area contributed by atoms with Crippen molar-refractivity contribution in [3.63, 3.8) is 0 Å². The summed E-state index contributed by atoms with van der Waals surface area (Å²) in [4.78, 5) is 10.3. The van der Waals surface area contributed by atoms with Crippen LogP contribution in [0, 0.1) is 10.1 Å². The number of nitro benzene ring substituents is 1. The molecule has 0 amide bonds. The van der Waals surface area contributed by atoms with Crippen LogP contribution in [0.4, 0.5) is 5.69 Å². The molecule has 6 nitrogen and oxygen atoms in total. The molecule has 1 aromatic carbocycles. The van der Waals surface area contributed by atoms with Gasteiger partial charge in [-0.1, -0.05) is 0 Å². The molecule has 1 aliphatic rings. The molecular formula is C12H15NO5. The predicted molar refractivity (Wildman–Crippen MR) is 64.1 cm³/mol. The highest BCUT2D eigenvalue weighted by Crippen LogP contribution is 2.27. The molecule has 0 spiro atoms. The molecule has 1 atom stereocenters. The summed E-state index contributed by atoms with van der Waals surface area (Å²) in [5, 5.41) is 10.8. The van der Waals surface area contributed by atoms with Crippen molar-refractivity contribution in [2.45, 2.75) is 18.9 Å². The smallest absolute Gasteiger partial charge is 0.276 e. The molecule has 1 heterocycles. The maximum Gasteiger partial charge on any atom is 0.276 e. The average Bonchev–Trinajstić information content (AvgIpc) is 2.89. The van der Waals surface area contributed by atoms with Crippen LogP contribution in [0.2, 0.25) is 0 Å². The Hall–Kier alpha value is -1.82. The zero-order chi connectivity index (χ0) is 13.0. The van der Waals surface area contributed by atoms with E-state index in [0.717, 1.165) is 19.4 Å². The molecule has 1 saturated heterocycles. The lowest BCUT2D eigenvalue weighted by Gasteiger charge is -2.12. The molecule has 0 aliphatic carbocycles. The van der Waals surface area contributed by atoms with Gasteiger partial charge in [-0.15, -0.1) is 0 Å². The third-order valence-electron chi connectivity index (χ3n) is 2.77. The molecule has 0 radical (unpaired) electrons. The molecule has 2 rings (SSSR count). The van der Waals surface area contributed by atoms with Crippen LogP contribution in [0.15, 0.2) is 18.2 Å². The third-order valence-corrected chi connectivity index (χ3v) is 2.77. The summed E-state index contributed by atoms with van der Waals surface area (Å²) in [6.07, 6.45) is 2.08. The van der Waals surface area contributed by atoms with Crippen molar-refractivity contribution in [1.29, 1.82) is 0 Å². The Bertz CT molecular complexity index is 428. The van der Waals surface area contributed by atoms with Gasteiger partial charge in [0.15, 0.2) is 0 Å². The molecule has 98 valence electrons. The first-order chi connectivity index (χ1) is 8.69. The number of nitrogens with zero attached hydrogens (tertiary/aromatic N) is 1. The summed E-state index contributed by atoms with van der Waals surface area (Å²) in [6, 6.07) is 4.37. The van der Waals surface area contributed by atoms with Gasteiger partial charge in [-0.2, -0.15) is 0 Å². The van der Waals surface area contributed by atoms with E-state index >= 15 is 0 Å². The number of hydrogen-bond donors (Lipinski definition) is 0. The van der Waals surface area contributed by atoms with Crippen LogP contribution in [-0.2, 0) is 4.74 Å². The molecule has 0 aromatic heterocycles. The summed E-state index contributed by atoms with van der Waals surface area (Å²) in [6.45, 7) is 1.16. The predicted octanol–water partition coefficient (Wildman–Crippen LogP) is 2.16. The van der Waals surface area contributed by atoms with E-state index in [4.69, 9.17) is 14.2 Å². The second kappa shape index (κ2) is 5.68. The van der Waals surface area contributed by atoms with Crippen LogP contribution in [-0.4, -0.2) is 31.4 Å². The lowest BCUT2D eigenvalue weighted by molar-refractivity contribution is -0.385. The van der Waals surface area contributed by atoms with E-state index in [0.29, 0.717) is 18.1 Å². The van der Waals surface area contributed by atoms with Crippen molar-refractivity contribution in [3.05, 3.63) is 28.3 Å². The molecule has 1 aromatic rings. The number of methoxy groups -OCH3 is 1. The highest BCUT2D eigenvalue weighted by Gasteiger charge is 2.17. The maximum atomic E-state index is 10.8. The number of non-ortho nitro benzene ring substituents is 1. The monoisotopic (exact) mass is 253 g/mol. The molecular weight excluding hydrogens is 238 g/mol. The van der Waals surface area contributed by atoms with Crippen LogP contribution in [0.5, 0.6) is 11.5 Å². The quantitative estimate of drug-likeness (QED) is 0.594. The van der Waals surface area contributed by atoms with E-state index in [1.54, 1.807) is 6.07 Å². The van der Waals surface area contributed by atoms with Gasteiger partial charge in [0.05, 0.1) is 30.3 Å². The number of rotatable bonds is 5. The SMILES string of the molecule is COc1cc(OCC2CCCO2)cc([N+](=O)[O-])c1. The van der Waals surface area contributed by atoms with Gasteiger partial charge < -0.3 is 14.2 Å². The Kier molecular flexibility index (Phi) is 3.99. The second-order valence-electron chi connectivity index (χ2n) is 4.07. The average molecular weight is 253 g/mol. The summed E-state index contributed by atoms with van der Waals surface area (Å²) in [5.74, 6) is 0.836. The van der Waals surface area contributed by atoms with Crippen molar-refractivity contribution >= 4 is 5.69 Å². The van der Waals surface area contributed by atoms with E-state index in [2.05, 4.69) is 0 Å². The zero-order valence-electron chi connectivity index (χ0n) is 10.1. The van der Waals surface area contributed by atoms with Gasteiger partial charge in [-0.25, -0.2) is 0 Å². The van der Waals surface area contributed by atoms with E-state index < -0.39 is 4.92 Å². The van der Waals surface area contributed by atoms with Crippen LogP contribution in [0.1, 0.15) is 12.8 Å². The van der Waals surface area contributed by atoms with Crippen molar-refractivity contribution in [2.24, 2.45) is 0 Å². The molecule has 6 heteroatoms. The fourth-order valence-corrected chi connectivity index (χ4v) is 1.83. The molecule has 1 fully saturated rings. The zero-order valence-corrected chi connectivity index (χ0v) is 10.1. The molecule has 1 unspecified atom stereocenters. The minimum Gasteiger partial charge on any atom is -0.496 e. The normalized spacial score (nSPS) is 18.6. The molecule has 0 N–H and O–H groups in total. The fourth-order valence-electron chi connectivity index (χ4n) is 1.83. The van der Waals surface area contributed by atoms with Gasteiger partial charge in [0, 0.05) is 12.7 Å². The topological polar surface area (TPSA) is 70.8 Å². The summed E-state index contributed by atoms with van der Waals surface area (Å²) in [7, 11) is 1.46. The Morgan fingerprint density at radius 3 is 2.83 bits per heavy atom. The standard InChI is InChI=1S/C12H15NO5/c1-16-11-5-9(13(14)15)6-12(7-11)18-8-10-3-2-4-17-10/h5-7,10H,2-4,8H2,1H3. The Morgan fingerprint density at radius 1 is 1.44 bits per heavy atom. The van der Waals surface area contributed by atoms with Gasteiger partial charge in [-0.3, -0.25) is 10.1 Å². The van der Waals surface area contributed by atoms with E-state index in [1.165, 1.54) is 19.2 Å². The van der Waals surface area contributed by atoms with Gasteiger partial charge in [0.2, 0.25) is 0 Å².